The lowest BCUT2D eigenvalue weighted by Crippen LogP contribution is -2.29. The van der Waals surface area contributed by atoms with E-state index in [4.69, 9.17) is 19.2 Å². The van der Waals surface area contributed by atoms with Gasteiger partial charge in [-0.2, -0.15) is 9.97 Å². The van der Waals surface area contributed by atoms with Crippen LogP contribution in [0.4, 0.5) is 11.8 Å². The minimum absolute atomic E-state index is 0.117. The van der Waals surface area contributed by atoms with E-state index in [-0.39, 0.29) is 12.6 Å². The lowest BCUT2D eigenvalue weighted by Gasteiger charge is -2.20. The number of aliphatic hydroxyl groups is 3. The molecule has 4 aromatic rings. The Labute approximate surface area is 243 Å². The molecule has 3 aromatic heterocycles. The minimum atomic E-state index is -1.27. The van der Waals surface area contributed by atoms with Gasteiger partial charge >= 0.3 is 0 Å². The Morgan fingerprint density at radius 1 is 1.10 bits per heavy atom. The Bertz CT molecular complexity index is 1460. The van der Waals surface area contributed by atoms with Crippen LogP contribution in [0.15, 0.2) is 47.2 Å². The number of ether oxygens (including phenoxy) is 1. The number of aromatic nitrogens is 5. The Balaban J connectivity index is 1.30. The second-order valence-electron chi connectivity index (χ2n) is 10.9. The Hall–Kier alpha value is -3.62. The molecule has 2 aliphatic rings. The number of hydrogen-bond acceptors (Lipinski definition) is 12. The van der Waals surface area contributed by atoms with Gasteiger partial charge in [0.1, 0.15) is 18.3 Å². The zero-order valence-electron chi connectivity index (χ0n) is 23.6. The van der Waals surface area contributed by atoms with Gasteiger partial charge in [0.2, 0.25) is 5.95 Å². The molecule has 0 amide bonds. The van der Waals surface area contributed by atoms with Crippen molar-refractivity contribution in [2.75, 3.05) is 43.4 Å². The van der Waals surface area contributed by atoms with Gasteiger partial charge in [-0.15, -0.1) is 0 Å². The summed E-state index contributed by atoms with van der Waals surface area (Å²) in [6.45, 7) is 5.53. The second-order valence-corrected chi connectivity index (χ2v) is 10.9. The average Bonchev–Trinajstić information content (AvgIpc) is 3.82. The summed E-state index contributed by atoms with van der Waals surface area (Å²) < 4.78 is 13.1. The molecule has 2 aliphatic heterocycles. The van der Waals surface area contributed by atoms with Crippen LogP contribution in [0.5, 0.6) is 0 Å². The van der Waals surface area contributed by atoms with Crippen LogP contribution in [0.3, 0.4) is 0 Å². The highest BCUT2D eigenvalue weighted by molar-refractivity contribution is 5.84. The number of nitrogens with one attached hydrogen (secondary N) is 2. The van der Waals surface area contributed by atoms with E-state index in [1.54, 1.807) is 10.6 Å². The number of hydrogen-bond donors (Lipinski definition) is 5. The molecule has 5 atom stereocenters. The molecule has 0 bridgehead atoms. The van der Waals surface area contributed by atoms with Crippen LogP contribution in [-0.4, -0.2) is 95.9 Å². The Morgan fingerprint density at radius 3 is 2.64 bits per heavy atom. The summed E-state index contributed by atoms with van der Waals surface area (Å²) in [6.07, 6.45) is 0.788. The third-order valence-electron chi connectivity index (χ3n) is 7.95. The third kappa shape index (κ3) is 5.96. The molecule has 13 nitrogen and oxygen atoms in total. The fourth-order valence-electron chi connectivity index (χ4n) is 5.62. The normalized spacial score (nSPS) is 23.5. The molecule has 2 fully saturated rings. The van der Waals surface area contributed by atoms with E-state index in [0.29, 0.717) is 48.1 Å². The second kappa shape index (κ2) is 12.7. The van der Waals surface area contributed by atoms with E-state index < -0.39 is 24.5 Å². The smallest absolute Gasteiger partial charge is 0.226 e. The van der Waals surface area contributed by atoms with Crippen LogP contribution in [0, 0.1) is 0 Å². The van der Waals surface area contributed by atoms with E-state index in [2.05, 4.69) is 25.7 Å². The van der Waals surface area contributed by atoms with Crippen molar-refractivity contribution in [1.82, 2.24) is 29.6 Å². The summed E-state index contributed by atoms with van der Waals surface area (Å²) >= 11 is 0. The topological polar surface area (TPSA) is 167 Å². The Kier molecular flexibility index (Phi) is 8.63. The first-order valence-electron chi connectivity index (χ1n) is 14.6. The van der Waals surface area contributed by atoms with Crippen molar-refractivity contribution in [3.05, 3.63) is 59.7 Å². The Morgan fingerprint density at radius 2 is 1.90 bits per heavy atom. The molecule has 5 heterocycles. The highest BCUT2D eigenvalue weighted by Gasteiger charge is 2.47. The van der Waals surface area contributed by atoms with E-state index in [0.717, 1.165) is 30.9 Å². The monoisotopic (exact) mass is 578 g/mol. The van der Waals surface area contributed by atoms with Gasteiger partial charge in [0.05, 0.1) is 24.7 Å². The van der Waals surface area contributed by atoms with Gasteiger partial charge in [-0.05, 0) is 44.3 Å². The number of likely N-dealkylation sites (tertiary alicyclic amines) is 1. The molecule has 42 heavy (non-hydrogen) atoms. The summed E-state index contributed by atoms with van der Waals surface area (Å²) in [7, 11) is 0. The largest absolute Gasteiger partial charge is 0.394 e. The van der Waals surface area contributed by atoms with E-state index in [9.17, 15) is 15.3 Å². The zero-order chi connectivity index (χ0) is 29.1. The van der Waals surface area contributed by atoms with Crippen LogP contribution >= 0.6 is 0 Å². The minimum Gasteiger partial charge on any atom is -0.394 e. The van der Waals surface area contributed by atoms with Crippen molar-refractivity contribution >= 4 is 22.9 Å². The summed E-state index contributed by atoms with van der Waals surface area (Å²) in [5.74, 6) is 1.18. The van der Waals surface area contributed by atoms with Crippen molar-refractivity contribution in [1.29, 1.82) is 0 Å². The molecule has 1 unspecified atom stereocenters. The maximum absolute atomic E-state index is 11.0. The molecule has 0 radical (unpaired) electrons. The van der Waals surface area contributed by atoms with E-state index >= 15 is 0 Å². The van der Waals surface area contributed by atoms with Crippen LogP contribution in [0.1, 0.15) is 49.1 Å². The van der Waals surface area contributed by atoms with Crippen LogP contribution in [0.25, 0.3) is 11.2 Å². The number of aryl methyl sites for hydroxylation is 1. The van der Waals surface area contributed by atoms with Crippen molar-refractivity contribution < 1.29 is 24.6 Å². The van der Waals surface area contributed by atoms with Crippen molar-refractivity contribution in [3.63, 3.8) is 0 Å². The fourth-order valence-corrected chi connectivity index (χ4v) is 5.62. The van der Waals surface area contributed by atoms with E-state index in [1.807, 2.05) is 37.3 Å². The first-order valence-corrected chi connectivity index (χ1v) is 14.6. The number of fused-ring (bicyclic) bond motifs is 1. The SMILES string of the molecule is CCc1cc([C@H]2O[C@@H](n3cnc4c(NC(CO)Cc5ccccc5)nc(NCCN5CCCC5)nc43)[C@H](O)[C@@H]2O)on1. The molecule has 0 aliphatic carbocycles. The summed E-state index contributed by atoms with van der Waals surface area (Å²) in [5.41, 5.74) is 2.67. The number of aliphatic hydroxyl groups excluding tert-OH is 3. The molecule has 13 heteroatoms. The third-order valence-corrected chi connectivity index (χ3v) is 7.95. The summed E-state index contributed by atoms with van der Waals surface area (Å²) in [5, 5.41) is 42.8. The van der Waals surface area contributed by atoms with Gasteiger partial charge in [-0.25, -0.2) is 4.98 Å². The van der Waals surface area contributed by atoms with Crippen LogP contribution < -0.4 is 10.6 Å². The van der Waals surface area contributed by atoms with E-state index in [1.165, 1.54) is 19.2 Å². The highest BCUT2D eigenvalue weighted by Crippen LogP contribution is 2.40. The quantitative estimate of drug-likeness (QED) is 0.166. The first kappa shape index (κ1) is 28.5. The molecule has 0 saturated carbocycles. The molecule has 6 rings (SSSR count). The number of benzene rings is 1. The van der Waals surface area contributed by atoms with Crippen molar-refractivity contribution in [2.45, 2.75) is 63.2 Å². The average molecular weight is 579 g/mol. The standard InChI is InChI=1S/C29H38N8O5/c1-2-19-15-21(42-35-19)25-23(39)24(40)28(41-25)37-17-31-22-26(32-20(16-38)14-18-8-4-3-5-9-18)33-29(34-27(22)37)30-10-13-36-11-6-7-12-36/h3-5,8-9,15,17,20,23-25,28,38-40H,2,6-7,10-14,16H2,1H3,(H2,30,32,33,34)/t20?,23-,24+,25+,28+/m0/s1. The van der Waals surface area contributed by atoms with Gasteiger partial charge in [0.15, 0.2) is 29.0 Å². The molecule has 2 saturated heterocycles. The number of anilines is 2. The zero-order valence-corrected chi connectivity index (χ0v) is 23.6. The lowest BCUT2D eigenvalue weighted by atomic mass is 10.1. The molecular weight excluding hydrogens is 540 g/mol. The number of rotatable bonds is 12. The maximum Gasteiger partial charge on any atom is 0.226 e. The molecule has 5 N–H and O–H groups in total. The molecule has 1 aromatic carbocycles. The van der Waals surface area contributed by atoms with Gasteiger partial charge in [0, 0.05) is 19.2 Å². The summed E-state index contributed by atoms with van der Waals surface area (Å²) in [6, 6.07) is 11.3. The summed E-state index contributed by atoms with van der Waals surface area (Å²) in [4.78, 5) is 16.4. The van der Waals surface area contributed by atoms with Gasteiger partial charge in [0.25, 0.3) is 0 Å². The predicted octanol–water partition coefficient (Wildman–Crippen LogP) is 1.89. The number of imidazole rings is 1. The van der Waals surface area contributed by atoms with Gasteiger partial charge in [-0.1, -0.05) is 42.4 Å². The lowest BCUT2D eigenvalue weighted by molar-refractivity contribution is -0.0434. The van der Waals surface area contributed by atoms with Gasteiger partial charge in [-0.3, -0.25) is 4.57 Å². The fraction of sp³-hybridized carbons (Fsp3) is 0.517. The molecular formula is C29H38N8O5. The van der Waals surface area contributed by atoms with Gasteiger partial charge < -0.3 is 40.1 Å². The molecule has 0 spiro atoms. The molecule has 224 valence electrons. The van der Waals surface area contributed by atoms with Crippen molar-refractivity contribution in [2.24, 2.45) is 0 Å². The highest BCUT2D eigenvalue weighted by atomic mass is 16.6. The van der Waals surface area contributed by atoms with Crippen LogP contribution in [0.2, 0.25) is 0 Å². The van der Waals surface area contributed by atoms with Crippen molar-refractivity contribution in [3.8, 4) is 0 Å². The first-order chi connectivity index (χ1) is 20.5. The maximum atomic E-state index is 11.0. The predicted molar refractivity (Wildman–Crippen MR) is 155 cm³/mol. The number of nitrogens with zero attached hydrogens (tertiary/aromatic N) is 6. The van der Waals surface area contributed by atoms with Crippen LogP contribution in [-0.2, 0) is 17.6 Å².